The Morgan fingerprint density at radius 1 is 1.26 bits per heavy atom. The number of ketones is 1. The van der Waals surface area contributed by atoms with Gasteiger partial charge in [0.1, 0.15) is 0 Å². The van der Waals surface area contributed by atoms with E-state index < -0.39 is 0 Å². The summed E-state index contributed by atoms with van der Waals surface area (Å²) in [7, 11) is 0. The van der Waals surface area contributed by atoms with E-state index in [0.717, 1.165) is 29.5 Å². The van der Waals surface area contributed by atoms with Gasteiger partial charge in [0.05, 0.1) is 0 Å². The lowest BCUT2D eigenvalue weighted by Gasteiger charge is -2.25. The molecule has 0 saturated carbocycles. The van der Waals surface area contributed by atoms with E-state index in [1.165, 1.54) is 0 Å². The Morgan fingerprint density at radius 3 is 2.42 bits per heavy atom. The molecule has 1 N–H and O–H groups in total. The second-order valence-corrected chi connectivity index (χ2v) is 5.80. The molecule has 1 aromatic rings. The van der Waals surface area contributed by atoms with Crippen molar-refractivity contribution < 1.29 is 9.90 Å². The predicted molar refractivity (Wildman–Crippen MR) is 81.5 cm³/mol. The molecule has 0 fully saturated rings. The van der Waals surface area contributed by atoms with Gasteiger partial charge >= 0.3 is 0 Å². The highest BCUT2D eigenvalue weighted by Crippen LogP contribution is 2.12. The van der Waals surface area contributed by atoms with Gasteiger partial charge in [-0.1, -0.05) is 28.1 Å². The van der Waals surface area contributed by atoms with E-state index in [-0.39, 0.29) is 12.4 Å². The number of carbonyl (C=O) groups is 1. The van der Waals surface area contributed by atoms with Crippen molar-refractivity contribution in [3.05, 3.63) is 34.3 Å². The number of carbonyl (C=O) groups excluding carboxylic acids is 1. The SMILES string of the molecule is CC(C)N(CCCO)CCC(=O)c1ccc(Br)cc1. The number of nitrogens with zero attached hydrogens (tertiary/aromatic N) is 1. The van der Waals surface area contributed by atoms with Crippen LogP contribution in [0.4, 0.5) is 0 Å². The van der Waals surface area contributed by atoms with Gasteiger partial charge < -0.3 is 10.0 Å². The van der Waals surface area contributed by atoms with Crippen LogP contribution < -0.4 is 0 Å². The molecule has 0 heterocycles. The highest BCUT2D eigenvalue weighted by atomic mass is 79.9. The second kappa shape index (κ2) is 8.46. The van der Waals surface area contributed by atoms with Crippen molar-refractivity contribution in [2.24, 2.45) is 0 Å². The number of rotatable bonds is 8. The number of hydrogen-bond donors (Lipinski definition) is 1. The van der Waals surface area contributed by atoms with Crippen LogP contribution >= 0.6 is 15.9 Å². The molecule has 19 heavy (non-hydrogen) atoms. The molecule has 0 aliphatic rings. The van der Waals surface area contributed by atoms with Gasteiger partial charge in [-0.2, -0.15) is 0 Å². The fraction of sp³-hybridized carbons (Fsp3) is 0.533. The standard InChI is InChI=1S/C15H22BrNO2/c1-12(2)17(9-3-11-18)10-8-15(19)13-4-6-14(16)7-5-13/h4-7,12,18H,3,8-11H2,1-2H3. The average molecular weight is 328 g/mol. The van der Waals surface area contributed by atoms with Gasteiger partial charge in [0, 0.05) is 42.2 Å². The lowest BCUT2D eigenvalue weighted by atomic mass is 10.1. The maximum atomic E-state index is 12.1. The number of hydrogen-bond acceptors (Lipinski definition) is 3. The molecule has 0 bridgehead atoms. The summed E-state index contributed by atoms with van der Waals surface area (Å²) in [4.78, 5) is 14.3. The Bertz CT molecular complexity index is 390. The summed E-state index contributed by atoms with van der Waals surface area (Å²) in [6.45, 7) is 6.00. The molecule has 3 nitrogen and oxygen atoms in total. The van der Waals surface area contributed by atoms with Crippen LogP contribution in [0.5, 0.6) is 0 Å². The zero-order valence-electron chi connectivity index (χ0n) is 11.6. The van der Waals surface area contributed by atoms with Crippen molar-refractivity contribution in [2.75, 3.05) is 19.7 Å². The Labute approximate surface area is 123 Å². The highest BCUT2D eigenvalue weighted by molar-refractivity contribution is 9.10. The third-order valence-electron chi connectivity index (χ3n) is 3.13. The molecular weight excluding hydrogens is 306 g/mol. The maximum Gasteiger partial charge on any atom is 0.164 e. The Balaban J connectivity index is 2.49. The average Bonchev–Trinajstić information content (AvgIpc) is 2.39. The fourth-order valence-electron chi connectivity index (χ4n) is 1.93. The minimum Gasteiger partial charge on any atom is -0.396 e. The van der Waals surface area contributed by atoms with Gasteiger partial charge in [-0.15, -0.1) is 0 Å². The Hall–Kier alpha value is -0.710. The van der Waals surface area contributed by atoms with Crippen molar-refractivity contribution in [1.82, 2.24) is 4.90 Å². The molecule has 1 rings (SSSR count). The fourth-order valence-corrected chi connectivity index (χ4v) is 2.19. The van der Waals surface area contributed by atoms with E-state index >= 15 is 0 Å². The van der Waals surface area contributed by atoms with Crippen LogP contribution in [0.1, 0.15) is 37.0 Å². The van der Waals surface area contributed by atoms with Gasteiger partial charge in [-0.05, 0) is 32.4 Å². The number of halogens is 1. The van der Waals surface area contributed by atoms with E-state index in [0.29, 0.717) is 12.5 Å². The van der Waals surface area contributed by atoms with Crippen LogP contribution in [0.25, 0.3) is 0 Å². The Kier molecular flexibility index (Phi) is 7.28. The summed E-state index contributed by atoms with van der Waals surface area (Å²) in [6.07, 6.45) is 1.27. The smallest absolute Gasteiger partial charge is 0.164 e. The van der Waals surface area contributed by atoms with Crippen LogP contribution in [-0.2, 0) is 0 Å². The van der Waals surface area contributed by atoms with Crippen LogP contribution in [-0.4, -0.2) is 41.5 Å². The van der Waals surface area contributed by atoms with Gasteiger partial charge in [0.15, 0.2) is 5.78 Å². The number of Topliss-reactive ketones (excluding diaryl/α,β-unsaturated/α-hetero) is 1. The molecule has 0 aliphatic carbocycles. The first-order chi connectivity index (χ1) is 9.04. The van der Waals surface area contributed by atoms with Crippen molar-refractivity contribution in [2.45, 2.75) is 32.7 Å². The lowest BCUT2D eigenvalue weighted by Crippen LogP contribution is -2.34. The summed E-state index contributed by atoms with van der Waals surface area (Å²) >= 11 is 3.36. The zero-order valence-corrected chi connectivity index (χ0v) is 13.2. The molecule has 0 unspecified atom stereocenters. The van der Waals surface area contributed by atoms with E-state index in [4.69, 9.17) is 5.11 Å². The van der Waals surface area contributed by atoms with E-state index in [1.54, 1.807) is 0 Å². The van der Waals surface area contributed by atoms with Crippen LogP contribution in [0.3, 0.4) is 0 Å². The number of aliphatic hydroxyl groups is 1. The first kappa shape index (κ1) is 16.3. The minimum absolute atomic E-state index is 0.169. The van der Waals surface area contributed by atoms with Crippen molar-refractivity contribution in [3.63, 3.8) is 0 Å². The molecule has 0 saturated heterocycles. The Morgan fingerprint density at radius 2 is 1.89 bits per heavy atom. The summed E-state index contributed by atoms with van der Waals surface area (Å²) in [5.41, 5.74) is 0.758. The number of benzene rings is 1. The monoisotopic (exact) mass is 327 g/mol. The molecule has 0 spiro atoms. The predicted octanol–water partition coefficient (Wildman–Crippen LogP) is 3.11. The molecule has 0 aliphatic heterocycles. The summed E-state index contributed by atoms with van der Waals surface area (Å²) in [5, 5.41) is 8.88. The van der Waals surface area contributed by atoms with Gasteiger partial charge in [0.2, 0.25) is 0 Å². The topological polar surface area (TPSA) is 40.5 Å². The van der Waals surface area contributed by atoms with Gasteiger partial charge in [-0.3, -0.25) is 4.79 Å². The van der Waals surface area contributed by atoms with Crippen molar-refractivity contribution >= 4 is 21.7 Å². The van der Waals surface area contributed by atoms with E-state index in [2.05, 4.69) is 34.7 Å². The highest BCUT2D eigenvalue weighted by Gasteiger charge is 2.12. The summed E-state index contributed by atoms with van der Waals surface area (Å²) in [6, 6.07) is 7.86. The quantitative estimate of drug-likeness (QED) is 0.746. The molecule has 106 valence electrons. The van der Waals surface area contributed by atoms with Gasteiger partial charge in [0.25, 0.3) is 0 Å². The molecule has 0 amide bonds. The molecule has 0 aromatic heterocycles. The maximum absolute atomic E-state index is 12.1. The lowest BCUT2D eigenvalue weighted by molar-refractivity contribution is 0.0953. The normalized spacial score (nSPS) is 11.3. The second-order valence-electron chi connectivity index (χ2n) is 4.89. The molecule has 1 aromatic carbocycles. The van der Waals surface area contributed by atoms with E-state index in [9.17, 15) is 4.79 Å². The zero-order chi connectivity index (χ0) is 14.3. The molecule has 4 heteroatoms. The van der Waals surface area contributed by atoms with Crippen LogP contribution in [0, 0.1) is 0 Å². The van der Waals surface area contributed by atoms with Crippen LogP contribution in [0.2, 0.25) is 0 Å². The third-order valence-corrected chi connectivity index (χ3v) is 3.65. The van der Waals surface area contributed by atoms with Crippen molar-refractivity contribution in [1.29, 1.82) is 0 Å². The summed E-state index contributed by atoms with van der Waals surface area (Å²) in [5.74, 6) is 0.169. The third kappa shape index (κ3) is 5.85. The molecule has 0 radical (unpaired) electrons. The first-order valence-corrected chi connectivity index (χ1v) is 7.47. The van der Waals surface area contributed by atoms with Crippen molar-refractivity contribution in [3.8, 4) is 0 Å². The summed E-state index contributed by atoms with van der Waals surface area (Å²) < 4.78 is 0.982. The molecule has 0 atom stereocenters. The van der Waals surface area contributed by atoms with Crippen LogP contribution in [0.15, 0.2) is 28.7 Å². The van der Waals surface area contributed by atoms with E-state index in [1.807, 2.05) is 24.3 Å². The largest absolute Gasteiger partial charge is 0.396 e. The molecular formula is C15H22BrNO2. The first-order valence-electron chi connectivity index (χ1n) is 6.68. The minimum atomic E-state index is 0.169. The van der Waals surface area contributed by atoms with Gasteiger partial charge in [-0.25, -0.2) is 0 Å². The number of aliphatic hydroxyl groups excluding tert-OH is 1.